The molecule has 2 aromatic carbocycles. The molecule has 0 aliphatic rings. The van der Waals surface area contributed by atoms with Gasteiger partial charge in [-0.1, -0.05) is 37.3 Å². The molecule has 0 aromatic heterocycles. The van der Waals surface area contributed by atoms with Crippen molar-refractivity contribution in [3.05, 3.63) is 62.5 Å². The van der Waals surface area contributed by atoms with Crippen molar-refractivity contribution in [1.29, 1.82) is 0 Å². The summed E-state index contributed by atoms with van der Waals surface area (Å²) in [4.78, 5) is 0. The zero-order chi connectivity index (χ0) is 13.0. The van der Waals surface area contributed by atoms with Gasteiger partial charge in [0.25, 0.3) is 0 Å². The second kappa shape index (κ2) is 6.39. The van der Waals surface area contributed by atoms with E-state index in [-0.39, 0.29) is 0 Å². The molecule has 0 aliphatic carbocycles. The van der Waals surface area contributed by atoms with Crippen molar-refractivity contribution in [3.8, 4) is 0 Å². The topological polar surface area (TPSA) is 12.0 Å². The first-order valence-corrected chi connectivity index (χ1v) is 7.55. The van der Waals surface area contributed by atoms with Crippen LogP contribution in [0.3, 0.4) is 0 Å². The molecule has 0 saturated carbocycles. The fourth-order valence-electron chi connectivity index (χ4n) is 1.93. The van der Waals surface area contributed by atoms with Crippen molar-refractivity contribution in [2.45, 2.75) is 19.9 Å². The summed E-state index contributed by atoms with van der Waals surface area (Å²) in [5.74, 6) is 0. The third kappa shape index (κ3) is 3.15. The van der Waals surface area contributed by atoms with Gasteiger partial charge in [0, 0.05) is 15.5 Å². The second-order valence-corrected chi connectivity index (χ2v) is 5.78. The van der Waals surface area contributed by atoms with Gasteiger partial charge in [-0.05, 0) is 61.5 Å². The molecule has 0 bridgehead atoms. The molecular weight excluding hydrogens is 354 g/mol. The molecule has 0 radical (unpaired) electrons. The third-order valence-electron chi connectivity index (χ3n) is 2.92. The van der Waals surface area contributed by atoms with E-state index in [1.54, 1.807) is 0 Å². The van der Waals surface area contributed by atoms with Crippen LogP contribution in [0.15, 0.2) is 51.4 Å². The molecule has 2 aromatic rings. The average molecular weight is 369 g/mol. The molecule has 0 saturated heterocycles. The van der Waals surface area contributed by atoms with Crippen LogP contribution < -0.4 is 5.32 Å². The van der Waals surface area contributed by atoms with E-state index in [4.69, 9.17) is 0 Å². The lowest BCUT2D eigenvalue weighted by Gasteiger charge is -2.13. The molecule has 3 heteroatoms. The minimum Gasteiger partial charge on any atom is -0.379 e. The normalized spacial score (nSPS) is 10.4. The van der Waals surface area contributed by atoms with E-state index in [1.807, 2.05) is 18.2 Å². The lowest BCUT2D eigenvalue weighted by atomic mass is 10.1. The maximum atomic E-state index is 3.56. The molecule has 0 atom stereocenters. The first-order valence-electron chi connectivity index (χ1n) is 5.97. The van der Waals surface area contributed by atoms with Gasteiger partial charge in [-0.2, -0.15) is 0 Å². The Morgan fingerprint density at radius 1 is 0.889 bits per heavy atom. The van der Waals surface area contributed by atoms with Gasteiger partial charge in [0.2, 0.25) is 0 Å². The summed E-state index contributed by atoms with van der Waals surface area (Å²) < 4.78 is 2.15. The van der Waals surface area contributed by atoms with Crippen LogP contribution in [0.25, 0.3) is 0 Å². The minimum atomic E-state index is 0.839. The van der Waals surface area contributed by atoms with Crippen LogP contribution >= 0.6 is 31.9 Å². The minimum absolute atomic E-state index is 0.839. The van der Waals surface area contributed by atoms with E-state index in [2.05, 4.69) is 68.4 Å². The van der Waals surface area contributed by atoms with Crippen LogP contribution in [-0.4, -0.2) is 0 Å². The van der Waals surface area contributed by atoms with Crippen LogP contribution in [0.1, 0.15) is 18.1 Å². The fraction of sp³-hybridized carbons (Fsp3) is 0.200. The Kier molecular flexibility index (Phi) is 4.84. The number of anilines is 1. The molecule has 0 amide bonds. The van der Waals surface area contributed by atoms with E-state index in [1.165, 1.54) is 11.1 Å². The summed E-state index contributed by atoms with van der Waals surface area (Å²) in [6.07, 6.45) is 1.06. The second-order valence-electron chi connectivity index (χ2n) is 4.07. The quantitative estimate of drug-likeness (QED) is 0.763. The van der Waals surface area contributed by atoms with Gasteiger partial charge >= 0.3 is 0 Å². The molecule has 0 aliphatic heterocycles. The average Bonchev–Trinajstić information content (AvgIpc) is 2.38. The zero-order valence-electron chi connectivity index (χ0n) is 10.2. The number of para-hydroxylation sites is 1. The van der Waals surface area contributed by atoms with Crippen molar-refractivity contribution in [3.63, 3.8) is 0 Å². The summed E-state index contributed by atoms with van der Waals surface area (Å²) in [6, 6.07) is 14.6. The highest BCUT2D eigenvalue weighted by molar-refractivity contribution is 9.11. The van der Waals surface area contributed by atoms with Gasteiger partial charge in [-0.3, -0.25) is 0 Å². The molecule has 1 nitrogen and oxygen atoms in total. The fourth-order valence-corrected chi connectivity index (χ4v) is 3.20. The lowest BCUT2D eigenvalue weighted by Crippen LogP contribution is -2.03. The van der Waals surface area contributed by atoms with Gasteiger partial charge in [0.1, 0.15) is 0 Å². The number of aryl methyl sites for hydroxylation is 1. The van der Waals surface area contributed by atoms with Gasteiger partial charge in [-0.15, -0.1) is 0 Å². The predicted octanol–water partition coefficient (Wildman–Crippen LogP) is 5.39. The van der Waals surface area contributed by atoms with Gasteiger partial charge in [0.15, 0.2) is 0 Å². The Labute approximate surface area is 125 Å². The van der Waals surface area contributed by atoms with E-state index >= 15 is 0 Å². The number of halogens is 2. The lowest BCUT2D eigenvalue weighted by molar-refractivity contribution is 1.04. The summed E-state index contributed by atoms with van der Waals surface area (Å²) >= 11 is 7.13. The van der Waals surface area contributed by atoms with Gasteiger partial charge in [-0.25, -0.2) is 0 Å². The molecule has 94 valence electrons. The molecule has 0 spiro atoms. The highest BCUT2D eigenvalue weighted by Crippen LogP contribution is 2.31. The number of hydrogen-bond acceptors (Lipinski definition) is 1. The molecule has 0 heterocycles. The zero-order valence-corrected chi connectivity index (χ0v) is 13.4. The standard InChI is InChI=1S/C15H15Br2N/c1-2-11-6-3-4-7-12(11)10-18-15-13(16)8-5-9-14(15)17/h3-9,18H,2,10H2,1H3. The van der Waals surface area contributed by atoms with Gasteiger partial charge in [0.05, 0.1) is 5.69 Å². The molecule has 0 fully saturated rings. The van der Waals surface area contributed by atoms with Crippen molar-refractivity contribution in [2.24, 2.45) is 0 Å². The Morgan fingerprint density at radius 3 is 2.11 bits per heavy atom. The Morgan fingerprint density at radius 2 is 1.50 bits per heavy atom. The van der Waals surface area contributed by atoms with Crippen molar-refractivity contribution in [1.82, 2.24) is 0 Å². The monoisotopic (exact) mass is 367 g/mol. The van der Waals surface area contributed by atoms with E-state index in [0.717, 1.165) is 27.6 Å². The number of hydrogen-bond donors (Lipinski definition) is 1. The molecule has 2 rings (SSSR count). The van der Waals surface area contributed by atoms with E-state index in [9.17, 15) is 0 Å². The molecular formula is C15H15Br2N. The van der Waals surface area contributed by atoms with Crippen LogP contribution in [0.4, 0.5) is 5.69 Å². The van der Waals surface area contributed by atoms with Crippen LogP contribution in [0.2, 0.25) is 0 Å². The highest BCUT2D eigenvalue weighted by atomic mass is 79.9. The van der Waals surface area contributed by atoms with E-state index in [0.29, 0.717) is 0 Å². The van der Waals surface area contributed by atoms with Crippen LogP contribution in [0, 0.1) is 0 Å². The summed E-state index contributed by atoms with van der Waals surface area (Å²) in [7, 11) is 0. The number of rotatable bonds is 4. The van der Waals surface area contributed by atoms with Crippen molar-refractivity contribution in [2.75, 3.05) is 5.32 Å². The number of benzene rings is 2. The largest absolute Gasteiger partial charge is 0.379 e. The first kappa shape index (κ1) is 13.6. The Bertz CT molecular complexity index is 518. The van der Waals surface area contributed by atoms with E-state index < -0.39 is 0 Å². The van der Waals surface area contributed by atoms with Crippen LogP contribution in [0.5, 0.6) is 0 Å². The number of nitrogens with one attached hydrogen (secondary N) is 1. The maximum absolute atomic E-state index is 3.56. The summed E-state index contributed by atoms with van der Waals surface area (Å²) in [5.41, 5.74) is 3.85. The molecule has 0 unspecified atom stereocenters. The molecule has 1 N–H and O–H groups in total. The smallest absolute Gasteiger partial charge is 0.0631 e. The first-order chi connectivity index (χ1) is 8.72. The third-order valence-corrected chi connectivity index (χ3v) is 4.24. The van der Waals surface area contributed by atoms with Gasteiger partial charge < -0.3 is 5.32 Å². The Balaban J connectivity index is 2.16. The summed E-state index contributed by atoms with van der Waals surface area (Å²) in [6.45, 7) is 3.03. The Hall–Kier alpha value is -0.800. The van der Waals surface area contributed by atoms with Crippen molar-refractivity contribution < 1.29 is 0 Å². The van der Waals surface area contributed by atoms with Crippen molar-refractivity contribution >= 4 is 37.5 Å². The predicted molar refractivity (Wildman–Crippen MR) is 85.0 cm³/mol. The molecule has 18 heavy (non-hydrogen) atoms. The van der Waals surface area contributed by atoms with Crippen LogP contribution in [-0.2, 0) is 13.0 Å². The highest BCUT2D eigenvalue weighted by Gasteiger charge is 2.05. The summed E-state index contributed by atoms with van der Waals surface area (Å²) in [5, 5.41) is 3.48. The SMILES string of the molecule is CCc1ccccc1CNc1c(Br)cccc1Br. The maximum Gasteiger partial charge on any atom is 0.0631 e.